The highest BCUT2D eigenvalue weighted by Gasteiger charge is 2.70. The minimum absolute atomic E-state index is 0.0550. The molecule has 192 valence electrons. The van der Waals surface area contributed by atoms with Crippen LogP contribution in [0.25, 0.3) is 0 Å². The molecule has 0 saturated heterocycles. The molecule has 0 aromatic rings. The van der Waals surface area contributed by atoms with Crippen LogP contribution in [0.5, 0.6) is 0 Å². The zero-order chi connectivity index (χ0) is 24.9. The van der Waals surface area contributed by atoms with Crippen molar-refractivity contribution in [2.45, 2.75) is 126 Å². The summed E-state index contributed by atoms with van der Waals surface area (Å²) in [4.78, 5) is 11.9. The quantitative estimate of drug-likeness (QED) is 0.299. The van der Waals surface area contributed by atoms with E-state index in [1.165, 1.54) is 63.4 Å². The molecule has 0 amide bonds. The molecule has 0 N–H and O–H groups in total. The summed E-state index contributed by atoms with van der Waals surface area (Å²) in [6.45, 7) is 23.9. The van der Waals surface area contributed by atoms with Gasteiger partial charge in [-0.1, -0.05) is 53.7 Å². The van der Waals surface area contributed by atoms with Crippen LogP contribution >= 0.6 is 0 Å². The average molecular weight is 469 g/mol. The summed E-state index contributed by atoms with van der Waals surface area (Å²) in [7, 11) is 0. The maximum atomic E-state index is 11.9. The van der Waals surface area contributed by atoms with Gasteiger partial charge in [-0.2, -0.15) is 0 Å². The Morgan fingerprint density at radius 3 is 2.12 bits per heavy atom. The Balaban J connectivity index is 1.50. The summed E-state index contributed by atoms with van der Waals surface area (Å²) in [5.41, 5.74) is 3.23. The van der Waals surface area contributed by atoms with E-state index in [-0.39, 0.29) is 17.5 Å². The van der Waals surface area contributed by atoms with Gasteiger partial charge in [-0.15, -0.1) is 0 Å². The first kappa shape index (κ1) is 24.9. The molecular weight excluding hydrogens is 416 g/mol. The molecule has 0 aromatic heterocycles. The van der Waals surface area contributed by atoms with Crippen LogP contribution in [0.4, 0.5) is 0 Å². The van der Waals surface area contributed by atoms with E-state index in [1.54, 1.807) is 6.92 Å². The topological polar surface area (TPSA) is 26.3 Å². The third-order valence-corrected chi connectivity index (χ3v) is 13.7. The van der Waals surface area contributed by atoms with E-state index in [0.29, 0.717) is 27.6 Å². The molecule has 5 rings (SSSR count). The summed E-state index contributed by atoms with van der Waals surface area (Å²) < 4.78 is 5.91. The van der Waals surface area contributed by atoms with Gasteiger partial charge in [0.25, 0.3) is 0 Å². The van der Waals surface area contributed by atoms with Crippen LogP contribution in [0, 0.1) is 56.7 Å². The molecule has 5 saturated carbocycles. The Morgan fingerprint density at radius 2 is 1.47 bits per heavy atom. The van der Waals surface area contributed by atoms with Crippen molar-refractivity contribution in [2.24, 2.45) is 56.7 Å². The highest BCUT2D eigenvalue weighted by molar-refractivity contribution is 5.66. The fraction of sp³-hybridized carbons (Fsp3) is 0.906. The van der Waals surface area contributed by atoms with Crippen molar-refractivity contribution in [3.05, 3.63) is 12.2 Å². The molecule has 0 aromatic carbocycles. The van der Waals surface area contributed by atoms with Crippen molar-refractivity contribution in [2.75, 3.05) is 0 Å². The Morgan fingerprint density at radius 1 is 0.765 bits per heavy atom. The fourth-order valence-corrected chi connectivity index (χ4v) is 11.9. The predicted molar refractivity (Wildman–Crippen MR) is 140 cm³/mol. The Labute approximate surface area is 210 Å². The third kappa shape index (κ3) is 3.08. The van der Waals surface area contributed by atoms with Crippen LogP contribution in [-0.2, 0) is 9.53 Å². The molecule has 0 unspecified atom stereocenters. The SMILES string of the molecule is C=C(C)[C@@H]1CC[C@@]2(C)CC[C@@]3(C)[C@@H](CC[C@H]4[C@]5(C)CC[C@@H](OC(C)=O)C(C)(C)[C@H]5CC[C@@]43C)[C@@H]12. The first-order valence-corrected chi connectivity index (χ1v) is 14.5. The number of ether oxygens (including phenoxy) is 1. The van der Waals surface area contributed by atoms with E-state index >= 15 is 0 Å². The van der Waals surface area contributed by atoms with E-state index in [4.69, 9.17) is 4.74 Å². The van der Waals surface area contributed by atoms with Crippen LogP contribution in [-0.4, -0.2) is 12.1 Å². The Kier molecular flexibility index (Phi) is 5.57. The fourth-order valence-electron chi connectivity index (χ4n) is 11.9. The largest absolute Gasteiger partial charge is 0.462 e. The molecule has 0 heterocycles. The zero-order valence-electron chi connectivity index (χ0n) is 23.6. The standard InChI is InChI=1S/C32H52O2/c1-20(2)22-12-15-29(6)18-19-31(8)23(27(22)29)10-11-25-30(7)16-14-26(34-21(3)33)28(4,5)24(30)13-17-32(25,31)9/h22-27H,1,10-19H2,2-9H3/t22-,23-,24+,25-,26+,27+,29-,30+,31-,32-/m0/s1. The number of hydrogen-bond acceptors (Lipinski definition) is 2. The van der Waals surface area contributed by atoms with Gasteiger partial charge >= 0.3 is 5.97 Å². The lowest BCUT2D eigenvalue weighted by Gasteiger charge is -2.73. The van der Waals surface area contributed by atoms with Gasteiger partial charge in [-0.25, -0.2) is 0 Å². The minimum atomic E-state index is -0.107. The number of hydrogen-bond donors (Lipinski definition) is 0. The first-order chi connectivity index (χ1) is 15.7. The second kappa shape index (κ2) is 7.61. The van der Waals surface area contributed by atoms with E-state index in [1.807, 2.05) is 0 Å². The summed E-state index contributed by atoms with van der Waals surface area (Å²) in [5.74, 6) is 3.74. The van der Waals surface area contributed by atoms with Crippen molar-refractivity contribution >= 4 is 5.97 Å². The molecule has 0 radical (unpaired) electrons. The lowest BCUT2D eigenvalue weighted by Crippen LogP contribution is -2.66. The summed E-state index contributed by atoms with van der Waals surface area (Å²) >= 11 is 0. The second-order valence-corrected chi connectivity index (χ2v) is 15.3. The van der Waals surface area contributed by atoms with E-state index in [9.17, 15) is 4.79 Å². The van der Waals surface area contributed by atoms with Gasteiger partial charge in [0.1, 0.15) is 6.10 Å². The van der Waals surface area contributed by atoms with Crippen LogP contribution < -0.4 is 0 Å². The predicted octanol–water partition coefficient (Wildman–Crippen LogP) is 8.60. The summed E-state index contributed by atoms with van der Waals surface area (Å²) in [6.07, 6.45) is 13.4. The molecule has 2 heteroatoms. The van der Waals surface area contributed by atoms with Gasteiger partial charge in [0.15, 0.2) is 0 Å². The van der Waals surface area contributed by atoms with Crippen molar-refractivity contribution in [1.29, 1.82) is 0 Å². The van der Waals surface area contributed by atoms with Crippen molar-refractivity contribution in [3.8, 4) is 0 Å². The lowest BCUT2D eigenvalue weighted by atomic mass is 9.32. The van der Waals surface area contributed by atoms with Crippen molar-refractivity contribution < 1.29 is 9.53 Å². The summed E-state index contributed by atoms with van der Waals surface area (Å²) in [6, 6.07) is 0. The van der Waals surface area contributed by atoms with Gasteiger partial charge < -0.3 is 4.74 Å². The van der Waals surface area contributed by atoms with Crippen molar-refractivity contribution in [1.82, 2.24) is 0 Å². The maximum absolute atomic E-state index is 11.9. The first-order valence-electron chi connectivity index (χ1n) is 14.5. The number of carbonyl (C=O) groups excluding carboxylic acids is 1. The van der Waals surface area contributed by atoms with Crippen molar-refractivity contribution in [3.63, 3.8) is 0 Å². The van der Waals surface area contributed by atoms with Crippen LogP contribution in [0.2, 0.25) is 0 Å². The normalized spacial score (nSPS) is 53.6. The molecule has 5 aliphatic rings. The van der Waals surface area contributed by atoms with Crippen LogP contribution in [0.1, 0.15) is 120 Å². The number of fused-ring (bicyclic) bond motifs is 7. The van der Waals surface area contributed by atoms with Crippen LogP contribution in [0.15, 0.2) is 12.2 Å². The van der Waals surface area contributed by atoms with Crippen LogP contribution in [0.3, 0.4) is 0 Å². The monoisotopic (exact) mass is 468 g/mol. The van der Waals surface area contributed by atoms with Gasteiger partial charge in [-0.05, 0) is 122 Å². The smallest absolute Gasteiger partial charge is 0.302 e. The van der Waals surface area contributed by atoms with E-state index < -0.39 is 0 Å². The minimum Gasteiger partial charge on any atom is -0.462 e. The molecule has 34 heavy (non-hydrogen) atoms. The molecule has 0 spiro atoms. The Bertz CT molecular complexity index is 872. The highest BCUT2D eigenvalue weighted by atomic mass is 16.5. The Hall–Kier alpha value is -0.790. The molecule has 0 aliphatic heterocycles. The number of esters is 1. The van der Waals surface area contributed by atoms with Gasteiger partial charge in [0.05, 0.1) is 0 Å². The summed E-state index contributed by atoms with van der Waals surface area (Å²) in [5, 5.41) is 0. The van der Waals surface area contributed by atoms with E-state index in [2.05, 4.69) is 55.0 Å². The average Bonchev–Trinajstić information content (AvgIpc) is 3.08. The number of carbonyl (C=O) groups is 1. The van der Waals surface area contributed by atoms with Gasteiger partial charge in [0, 0.05) is 12.3 Å². The molecule has 5 fully saturated rings. The highest BCUT2D eigenvalue weighted by Crippen LogP contribution is 2.77. The molecule has 5 aliphatic carbocycles. The molecule has 10 atom stereocenters. The molecular formula is C32H52O2. The van der Waals surface area contributed by atoms with E-state index in [0.717, 1.165) is 30.1 Å². The lowest BCUT2D eigenvalue weighted by molar-refractivity contribution is -0.248. The number of rotatable bonds is 2. The molecule has 2 nitrogen and oxygen atoms in total. The third-order valence-electron chi connectivity index (χ3n) is 13.7. The number of allylic oxidation sites excluding steroid dienone is 1. The van der Waals surface area contributed by atoms with Gasteiger partial charge in [0.2, 0.25) is 0 Å². The van der Waals surface area contributed by atoms with Gasteiger partial charge in [-0.3, -0.25) is 4.79 Å². The second-order valence-electron chi connectivity index (χ2n) is 15.3. The molecule has 0 bridgehead atoms. The maximum Gasteiger partial charge on any atom is 0.302 e. The zero-order valence-corrected chi connectivity index (χ0v) is 23.6.